The van der Waals surface area contributed by atoms with Crippen LogP contribution in [0.1, 0.15) is 70.3 Å². The van der Waals surface area contributed by atoms with Gasteiger partial charge in [0.2, 0.25) is 5.92 Å². The summed E-state index contributed by atoms with van der Waals surface area (Å²) in [5.41, 5.74) is 2.85. The number of aryl methyl sites for hydroxylation is 1. The molecule has 1 saturated carbocycles. The number of rotatable bonds is 14. The standard InChI is InChI=1S/C22H27N5O4S.C18H23F2N5O.C13H17N5O2.CH3.W/c1-4-31-22(28)17-6-5-12-26(14-17)25(3)20-19-11-13-27(21(19)24-15-23-20)32(29,30)18-9-7-16(2)8-10-18;1-24(17-14-4-5-21-16(14)22-11-23-17)25-6-2-3-13(10-25)15(26)7-12-8-18(19,20)9-12;1-17(18-6-2-3-9(7-18)13(19)20)12-10-4-5-14-11(10)15-8-16-12;;/h7-11,13,15,17H,4-6,12,14H2,1-3H3;4-5,11-13H,2-3,6-10H2,1H3,(H,21,22,23);4-5,8-9H,2-3,6-7H2,1H3,(H,19,20)(H,14,15,16);1H3;/q;;;-1;. The van der Waals surface area contributed by atoms with Crippen molar-refractivity contribution in [3.05, 3.63) is 93.0 Å². The zero-order valence-corrected chi connectivity index (χ0v) is 49.7. The van der Waals surface area contributed by atoms with Gasteiger partial charge in [0.25, 0.3) is 10.0 Å². The number of H-pyrrole nitrogens is 2. The number of fused-ring (bicyclic) bond motifs is 3. The zero-order chi connectivity index (χ0) is 55.3. The molecule has 3 atom stereocenters. The van der Waals surface area contributed by atoms with Crippen molar-refractivity contribution < 1.29 is 62.5 Å². The number of benzene rings is 1. The third-order valence-corrected chi connectivity index (χ3v) is 16.8. The summed E-state index contributed by atoms with van der Waals surface area (Å²) >= 11 is 0. The Labute approximate surface area is 478 Å². The molecule has 3 saturated heterocycles. The third kappa shape index (κ3) is 13.6. The molecule has 4 fully saturated rings. The van der Waals surface area contributed by atoms with Crippen LogP contribution in [0.25, 0.3) is 33.1 Å². The molecule has 6 aromatic heterocycles. The minimum atomic E-state index is -3.80. The number of hydrazine groups is 3. The van der Waals surface area contributed by atoms with Gasteiger partial charge < -0.3 is 27.2 Å². The van der Waals surface area contributed by atoms with E-state index < -0.39 is 21.9 Å². The maximum absolute atomic E-state index is 13.2. The summed E-state index contributed by atoms with van der Waals surface area (Å²) in [7, 11) is 1.92. The van der Waals surface area contributed by atoms with Gasteiger partial charge >= 0.3 is 11.9 Å². The predicted octanol–water partition coefficient (Wildman–Crippen LogP) is 7.18. The van der Waals surface area contributed by atoms with Gasteiger partial charge in [0.15, 0.2) is 23.1 Å². The van der Waals surface area contributed by atoms with Crippen molar-refractivity contribution in [2.24, 2.45) is 23.7 Å². The number of hydrogen-bond donors (Lipinski definition) is 3. The second-order valence-electron chi connectivity index (χ2n) is 20.5. The fourth-order valence-corrected chi connectivity index (χ4v) is 12.1. The summed E-state index contributed by atoms with van der Waals surface area (Å²) in [6.45, 7) is 8.16. The number of nitrogens with one attached hydrogen (secondary N) is 2. The van der Waals surface area contributed by atoms with E-state index in [-0.39, 0.29) is 88.1 Å². The number of esters is 1. The molecule has 3 N–H and O–H groups in total. The molecule has 26 heteroatoms. The summed E-state index contributed by atoms with van der Waals surface area (Å²) < 4.78 is 58.8. The minimum Gasteiger partial charge on any atom is -0.481 e. The second-order valence-corrected chi connectivity index (χ2v) is 22.3. The van der Waals surface area contributed by atoms with E-state index in [4.69, 9.17) is 4.74 Å². The number of ketones is 1. The van der Waals surface area contributed by atoms with Crippen LogP contribution in [0.2, 0.25) is 0 Å². The van der Waals surface area contributed by atoms with Crippen molar-refractivity contribution in [2.75, 3.05) is 82.0 Å². The fraction of sp³-hybridized carbons (Fsp3) is 0.481. The van der Waals surface area contributed by atoms with Gasteiger partial charge in [0.05, 0.1) is 39.5 Å². The van der Waals surface area contributed by atoms with Gasteiger partial charge in [-0.15, -0.1) is 0 Å². The smallest absolute Gasteiger partial charge is 0.310 e. The molecule has 80 heavy (non-hydrogen) atoms. The molecule has 1 aliphatic carbocycles. The summed E-state index contributed by atoms with van der Waals surface area (Å²) in [5.74, 6) is -1.92. The summed E-state index contributed by atoms with van der Waals surface area (Å²) in [6, 6.07) is 12.3. The van der Waals surface area contributed by atoms with E-state index in [2.05, 4.69) is 44.9 Å². The van der Waals surface area contributed by atoms with Gasteiger partial charge in [-0.25, -0.2) is 66.1 Å². The molecule has 1 aromatic carbocycles. The van der Waals surface area contributed by atoms with Gasteiger partial charge in [-0.1, -0.05) is 17.7 Å². The Bertz CT molecular complexity index is 3340. The first-order valence-corrected chi connectivity index (χ1v) is 27.8. The molecule has 3 unspecified atom stereocenters. The van der Waals surface area contributed by atoms with Crippen molar-refractivity contribution >= 4 is 78.3 Å². The molecule has 0 radical (unpaired) electrons. The van der Waals surface area contributed by atoms with E-state index in [1.807, 2.05) is 77.6 Å². The quantitative estimate of drug-likeness (QED) is 0.0720. The number of carbonyl (C=O) groups excluding carboxylic acids is 2. The van der Waals surface area contributed by atoms with Crippen LogP contribution in [0.15, 0.2) is 84.9 Å². The second kappa shape index (κ2) is 26.4. The van der Waals surface area contributed by atoms with E-state index in [0.717, 1.165) is 97.4 Å². The number of hydrogen-bond acceptors (Lipinski definition) is 18. The Kier molecular flexibility index (Phi) is 20.1. The van der Waals surface area contributed by atoms with Gasteiger partial charge in [0.1, 0.15) is 36.1 Å². The number of carboxylic acid groups (broad SMARTS) is 1. The monoisotopic (exact) mass is 1290 g/mol. The molecule has 11 rings (SSSR count). The summed E-state index contributed by atoms with van der Waals surface area (Å²) in [6.07, 6.45) is 14.6. The SMILES string of the molecule is CCOC(=O)C1CCCN(N(C)c2ncnc3c2ccn3S(=O)(=O)c2ccc(C)cc2)C1.CN(c1ncnc2[nH]ccc12)N1CCCC(C(=O)CC2CC(F)(F)C2)C1.CN(c1ncnc2[nH]ccc12)N1CCCC(C(=O)O)C1.[CH3-].[W]. The van der Waals surface area contributed by atoms with Crippen LogP contribution in [0.5, 0.6) is 0 Å². The number of carbonyl (C=O) groups is 3. The number of aromatic amines is 2. The molecule has 3 aliphatic heterocycles. The van der Waals surface area contributed by atoms with Crippen LogP contribution in [0.3, 0.4) is 0 Å². The van der Waals surface area contributed by atoms with Crippen LogP contribution >= 0.6 is 0 Å². The normalized spacial score (nSPS) is 19.7. The van der Waals surface area contributed by atoms with Crippen LogP contribution < -0.4 is 15.0 Å². The Morgan fingerprint density at radius 1 is 0.700 bits per heavy atom. The molecule has 9 heterocycles. The van der Waals surface area contributed by atoms with E-state index in [1.165, 1.54) is 29.2 Å². The van der Waals surface area contributed by atoms with E-state index >= 15 is 0 Å². The van der Waals surface area contributed by atoms with Crippen LogP contribution in [0.4, 0.5) is 26.2 Å². The molecule has 430 valence electrons. The van der Waals surface area contributed by atoms with Gasteiger partial charge in [0, 0.05) is 125 Å². The number of halogens is 2. The van der Waals surface area contributed by atoms with Gasteiger partial charge in [-0.2, -0.15) is 0 Å². The van der Waals surface area contributed by atoms with Gasteiger partial charge in [-0.05, 0) is 88.6 Å². The van der Waals surface area contributed by atoms with Crippen molar-refractivity contribution in [3.8, 4) is 0 Å². The maximum atomic E-state index is 13.2. The molecule has 0 bridgehead atoms. The average Bonchev–Trinajstić information content (AvgIpc) is 4.25. The van der Waals surface area contributed by atoms with Gasteiger partial charge in [-0.3, -0.25) is 29.4 Å². The topological polar surface area (TPSA) is 248 Å². The number of alkyl halides is 2. The number of piperidine rings is 3. The van der Waals surface area contributed by atoms with Crippen molar-refractivity contribution in [2.45, 2.75) is 82.5 Å². The summed E-state index contributed by atoms with van der Waals surface area (Å²) in [5, 5.41) is 23.6. The predicted molar refractivity (Wildman–Crippen MR) is 295 cm³/mol. The Balaban J connectivity index is 0.000000176. The zero-order valence-electron chi connectivity index (χ0n) is 45.9. The largest absolute Gasteiger partial charge is 0.481 e. The van der Waals surface area contributed by atoms with E-state index in [0.29, 0.717) is 43.1 Å². The number of nitrogens with zero attached hydrogens (tertiary/aromatic N) is 13. The number of aliphatic carboxylic acids is 1. The first-order valence-electron chi connectivity index (χ1n) is 26.4. The Hall–Kier alpha value is -6.53. The van der Waals surface area contributed by atoms with Crippen molar-refractivity contribution in [1.82, 2.24) is 58.9 Å². The molecule has 4 aliphatic rings. The van der Waals surface area contributed by atoms with E-state index in [9.17, 15) is 36.7 Å². The van der Waals surface area contributed by atoms with Crippen LogP contribution in [-0.2, 0) is 50.2 Å². The van der Waals surface area contributed by atoms with E-state index in [1.54, 1.807) is 37.3 Å². The van der Waals surface area contributed by atoms with Crippen LogP contribution in [0, 0.1) is 38.0 Å². The number of anilines is 3. The molecule has 0 amide bonds. The first-order chi connectivity index (χ1) is 37.4. The van der Waals surface area contributed by atoms with Crippen molar-refractivity contribution in [3.63, 3.8) is 0 Å². The minimum absolute atomic E-state index is 0. The average molecular weight is 1300 g/mol. The third-order valence-electron chi connectivity index (χ3n) is 15.2. The first kappa shape index (κ1) is 61.1. The maximum Gasteiger partial charge on any atom is 0.310 e. The molecular formula is C54H70F2N15O7SW-. The molecular weight excluding hydrogens is 1220 g/mol. The Morgan fingerprint density at radius 3 is 1.69 bits per heavy atom. The summed E-state index contributed by atoms with van der Waals surface area (Å²) in [4.78, 5) is 68.0. The number of carboxylic acids is 1. The number of ether oxygens (including phenoxy) is 1. The molecule has 0 spiro atoms. The number of aromatic nitrogens is 9. The molecule has 22 nitrogen and oxygen atoms in total. The van der Waals surface area contributed by atoms with Crippen molar-refractivity contribution in [1.29, 1.82) is 0 Å². The Morgan fingerprint density at radius 2 is 1.18 bits per heavy atom. The van der Waals surface area contributed by atoms with Crippen LogP contribution in [-0.4, -0.2) is 163 Å². The number of Topliss-reactive ketones (excluding diaryl/α,β-unsaturated/α-hetero) is 1. The fourth-order valence-electron chi connectivity index (χ4n) is 10.8. The molecule has 7 aromatic rings.